The molecule has 2 aromatic heterocycles. The van der Waals surface area contributed by atoms with E-state index in [0.717, 1.165) is 88.4 Å². The number of anilines is 1. The number of thiazole rings is 2. The van der Waals surface area contributed by atoms with E-state index in [9.17, 15) is 40.0 Å². The number of carbonyl (C=O) groups excluding carboxylic acids is 2. The van der Waals surface area contributed by atoms with E-state index in [1.165, 1.54) is 28.2 Å². The summed E-state index contributed by atoms with van der Waals surface area (Å²) in [5.74, 6) is -1.85. The SMILES string of the molecule is CCN(CC)c1ccc(/C=C/C2=[N+](C)c3ccc(Cl)cc3C2(C)CC)c(Br)c1.O=C1C=C(O)C(=NN=c2[n-]cc([N+](=O)[O-])s2)C=C1Cl.O=C1C=C(O)C(=NN=c2[n-]cc([N+](=O)[O-])s2)C=C1Cl.[Co]. The molecule has 0 spiro atoms. The zero-order valence-corrected chi connectivity index (χ0v) is 42.2. The van der Waals surface area contributed by atoms with Crippen LogP contribution in [0.3, 0.4) is 0 Å². The number of aliphatic hydroxyl groups is 2. The first-order chi connectivity index (χ1) is 31.3. The van der Waals surface area contributed by atoms with Crippen molar-refractivity contribution in [2.75, 3.05) is 25.0 Å². The average Bonchev–Trinajstić information content (AvgIpc) is 4.01. The molecule has 3 heterocycles. The summed E-state index contributed by atoms with van der Waals surface area (Å²) in [6, 6.07) is 12.8. The number of rotatable bonds is 10. The van der Waals surface area contributed by atoms with Crippen molar-refractivity contribution in [3.63, 3.8) is 0 Å². The summed E-state index contributed by atoms with van der Waals surface area (Å²) < 4.78 is 3.41. The Bertz CT molecular complexity index is 2900. The molecule has 0 amide bonds. The summed E-state index contributed by atoms with van der Waals surface area (Å²) in [7, 11) is 2.14. The van der Waals surface area contributed by atoms with Crippen LogP contribution in [0.5, 0.6) is 0 Å². The van der Waals surface area contributed by atoms with Crippen LogP contribution < -0.4 is 24.5 Å². The maximum absolute atomic E-state index is 11.1. The molecule has 7 rings (SSSR count). The number of nitro groups is 2. The van der Waals surface area contributed by atoms with Gasteiger partial charge in [0.05, 0.1) is 25.3 Å². The van der Waals surface area contributed by atoms with Crippen LogP contribution >= 0.6 is 73.4 Å². The molecule has 1 atom stereocenters. The number of halogens is 4. The van der Waals surface area contributed by atoms with Gasteiger partial charge in [0.25, 0.3) is 0 Å². The smallest absolute Gasteiger partial charge is 0.319 e. The van der Waals surface area contributed by atoms with Gasteiger partial charge in [-0.05, 0) is 75.2 Å². The van der Waals surface area contributed by atoms with Gasteiger partial charge in [-0.1, -0.05) is 86.4 Å². The monoisotopic (exact) mass is 1120 g/mol. The van der Waals surface area contributed by atoms with Gasteiger partial charge in [-0.15, -0.1) is 0 Å². The summed E-state index contributed by atoms with van der Waals surface area (Å²) >= 11 is 22.7. The second-order valence-corrected chi connectivity index (χ2v) is 18.0. The molecular formula is C42H37BrCl3CoN10O8S2-. The Labute approximate surface area is 423 Å². The molecule has 1 unspecified atom stereocenters. The predicted octanol–water partition coefficient (Wildman–Crippen LogP) is 9.09. The van der Waals surface area contributed by atoms with Crippen molar-refractivity contribution in [3.05, 3.63) is 151 Å². The fourth-order valence-electron chi connectivity index (χ4n) is 6.35. The molecule has 25 heteroatoms. The van der Waals surface area contributed by atoms with Gasteiger partial charge in [-0.2, -0.15) is 4.58 Å². The predicted molar refractivity (Wildman–Crippen MR) is 261 cm³/mol. The van der Waals surface area contributed by atoms with Crippen LogP contribution in [-0.4, -0.2) is 73.5 Å². The summed E-state index contributed by atoms with van der Waals surface area (Å²) in [5.41, 5.74) is 6.19. The summed E-state index contributed by atoms with van der Waals surface area (Å²) in [6.07, 6.45) is 11.7. The minimum absolute atomic E-state index is 0. The van der Waals surface area contributed by atoms with Gasteiger partial charge < -0.3 is 35.3 Å². The van der Waals surface area contributed by atoms with Gasteiger partial charge in [-0.3, -0.25) is 40.0 Å². The van der Waals surface area contributed by atoms with Crippen LogP contribution in [0.2, 0.25) is 5.02 Å². The molecule has 3 aliphatic rings. The minimum atomic E-state index is -0.600. The second-order valence-electron chi connectivity index (χ2n) is 13.9. The van der Waals surface area contributed by atoms with E-state index < -0.39 is 21.4 Å². The topological polar surface area (TPSA) is 245 Å². The third-order valence-corrected chi connectivity index (χ3v) is 13.1. The molecule has 2 N–H and O–H groups in total. The van der Waals surface area contributed by atoms with Crippen molar-refractivity contribution >= 4 is 130 Å². The Balaban J connectivity index is 0.000000224. The number of hydrogen-bond donors (Lipinski definition) is 2. The van der Waals surface area contributed by atoms with Gasteiger partial charge in [0, 0.05) is 96.9 Å². The molecule has 2 aliphatic carbocycles. The Morgan fingerprint density at radius 2 is 1.31 bits per heavy atom. The van der Waals surface area contributed by atoms with Gasteiger partial charge in [0.2, 0.25) is 17.3 Å². The van der Waals surface area contributed by atoms with Crippen molar-refractivity contribution in [2.45, 2.75) is 39.5 Å². The van der Waals surface area contributed by atoms with E-state index in [1.54, 1.807) is 0 Å². The molecule has 1 radical (unpaired) electrons. The van der Waals surface area contributed by atoms with E-state index in [2.05, 4.69) is 133 Å². The molecule has 2 aromatic carbocycles. The molecule has 67 heavy (non-hydrogen) atoms. The number of ketones is 2. The first-order valence-corrected chi connectivity index (χ1v) is 22.9. The van der Waals surface area contributed by atoms with Gasteiger partial charge in [0.15, 0.2) is 5.71 Å². The third-order valence-electron chi connectivity index (χ3n) is 9.95. The largest absolute Gasteiger partial charge is 0.506 e. The van der Waals surface area contributed by atoms with Gasteiger partial charge in [-0.25, -0.2) is 0 Å². The van der Waals surface area contributed by atoms with Crippen LogP contribution in [0, 0.1) is 20.2 Å². The van der Waals surface area contributed by atoms with Gasteiger partial charge in [0.1, 0.15) is 30.0 Å². The molecule has 353 valence electrons. The first kappa shape index (κ1) is 54.0. The Morgan fingerprint density at radius 3 is 1.75 bits per heavy atom. The van der Waals surface area contributed by atoms with Crippen molar-refractivity contribution in [1.29, 1.82) is 0 Å². The van der Waals surface area contributed by atoms with Crippen LogP contribution in [0.4, 0.5) is 21.4 Å². The van der Waals surface area contributed by atoms with Crippen LogP contribution in [-0.2, 0) is 31.8 Å². The van der Waals surface area contributed by atoms with Crippen molar-refractivity contribution < 1.29 is 51.0 Å². The Hall–Kier alpha value is -5.59. The van der Waals surface area contributed by atoms with Crippen LogP contribution in [0.15, 0.2) is 126 Å². The zero-order chi connectivity index (χ0) is 48.5. The molecule has 18 nitrogen and oxygen atoms in total. The first-order valence-electron chi connectivity index (χ1n) is 19.4. The van der Waals surface area contributed by atoms with Crippen molar-refractivity contribution in [2.24, 2.45) is 20.4 Å². The standard InChI is InChI=1S/C24H29BrClN2.2C9H5ClN4O4S.Co/c1-6-24(4)20-15-18(26)11-13-22(20)27(5)23(24)14-10-17-9-12-19(16-21(17)25)28(7-2)8-3;2*10-4-1-5(7(16)2-6(4)15)12-13-9-11-3-8(19-9)14(17)18;/h9-16H,6-8H2,1-5H3;2*1-3H,(H2,11,13,15,16);/q+1;;;/p-2. The molecule has 4 aromatic rings. The van der Waals surface area contributed by atoms with E-state index in [0.29, 0.717) is 0 Å². The van der Waals surface area contributed by atoms with Crippen molar-refractivity contribution in [3.8, 4) is 0 Å². The van der Waals surface area contributed by atoms with Crippen LogP contribution in [0.1, 0.15) is 45.2 Å². The van der Waals surface area contributed by atoms with Crippen molar-refractivity contribution in [1.82, 2.24) is 9.97 Å². The molecular weight excluding hydrogens is 1080 g/mol. The number of benzene rings is 2. The second kappa shape index (κ2) is 23.9. The van der Waals surface area contributed by atoms with E-state index in [-0.39, 0.29) is 74.8 Å². The molecule has 0 fully saturated rings. The number of fused-ring (bicyclic) bond motifs is 1. The van der Waals surface area contributed by atoms with Gasteiger partial charge >= 0.3 is 10.0 Å². The third kappa shape index (κ3) is 13.3. The average molecular weight is 1120 g/mol. The fourth-order valence-corrected chi connectivity index (χ4v) is 8.44. The number of carbonyl (C=O) groups is 2. The quantitative estimate of drug-likeness (QED) is 0.0656. The van der Waals surface area contributed by atoms with E-state index in [4.69, 9.17) is 34.8 Å². The number of aliphatic hydroxyl groups excluding tert-OH is 2. The van der Waals surface area contributed by atoms with Crippen LogP contribution in [0.25, 0.3) is 6.08 Å². The Kier molecular flexibility index (Phi) is 19.3. The van der Waals surface area contributed by atoms with E-state index >= 15 is 0 Å². The maximum atomic E-state index is 11.1. The zero-order valence-electron chi connectivity index (χ0n) is 35.7. The number of aromatic nitrogens is 2. The normalized spacial score (nSPS) is 18.3. The summed E-state index contributed by atoms with van der Waals surface area (Å²) in [5, 5.41) is 54.5. The summed E-state index contributed by atoms with van der Waals surface area (Å²) in [4.78, 5) is 51.6. The Morgan fingerprint density at radius 1 is 0.806 bits per heavy atom. The molecule has 0 bridgehead atoms. The molecule has 1 aliphatic heterocycles. The van der Waals surface area contributed by atoms with E-state index in [1.807, 2.05) is 6.07 Å². The fraction of sp³-hybridized carbons (Fsp3) is 0.214. The molecule has 0 saturated heterocycles. The maximum Gasteiger partial charge on any atom is 0.319 e. The number of allylic oxidation sites excluding steroid dienone is 7. The molecule has 0 saturated carbocycles. The minimum Gasteiger partial charge on any atom is -0.506 e. The number of nitrogens with zero attached hydrogens (tertiary/aromatic N) is 10. The summed E-state index contributed by atoms with van der Waals surface area (Å²) in [6.45, 7) is 10.9. The number of hydrogen-bond acceptors (Lipinski definition) is 15.